The Morgan fingerprint density at radius 3 is 2.33 bits per heavy atom. The molecule has 1 heterocycles. The van der Waals surface area contributed by atoms with Gasteiger partial charge in [0, 0.05) is 19.0 Å². The standard InChI is InChI=1S/C22H28N2O2.ClH/c1-17(20-14-23-15-20)22(25)24(16-19-6-4-3-5-7-19)13-12-18-8-10-21(26-2)11-9-18;/h3-11,17,20,23H,12-16H2,1-2H3;1H. The van der Waals surface area contributed by atoms with Gasteiger partial charge >= 0.3 is 0 Å². The number of hydrogen-bond donors (Lipinski definition) is 1. The molecule has 1 saturated heterocycles. The lowest BCUT2D eigenvalue weighted by molar-refractivity contribution is -0.138. The van der Waals surface area contributed by atoms with Crippen molar-refractivity contribution in [2.75, 3.05) is 26.7 Å². The second-order valence-electron chi connectivity index (χ2n) is 7.05. The number of amides is 1. The first-order valence-corrected chi connectivity index (χ1v) is 9.33. The van der Waals surface area contributed by atoms with Gasteiger partial charge < -0.3 is 15.0 Å². The van der Waals surface area contributed by atoms with Crippen molar-refractivity contribution in [1.82, 2.24) is 10.2 Å². The van der Waals surface area contributed by atoms with Crippen LogP contribution in [0, 0.1) is 11.8 Å². The fourth-order valence-electron chi connectivity index (χ4n) is 3.28. The molecule has 0 aliphatic carbocycles. The summed E-state index contributed by atoms with van der Waals surface area (Å²) in [6, 6.07) is 18.3. The maximum absolute atomic E-state index is 13.1. The van der Waals surface area contributed by atoms with Crippen LogP contribution in [0.5, 0.6) is 5.75 Å². The van der Waals surface area contributed by atoms with Crippen LogP contribution in [-0.2, 0) is 17.8 Å². The number of nitrogens with zero attached hydrogens (tertiary/aromatic N) is 1. The number of carbonyl (C=O) groups excluding carboxylic acids is 1. The highest BCUT2D eigenvalue weighted by Crippen LogP contribution is 2.20. The van der Waals surface area contributed by atoms with Crippen LogP contribution < -0.4 is 10.1 Å². The average molecular weight is 389 g/mol. The van der Waals surface area contributed by atoms with E-state index in [0.29, 0.717) is 12.5 Å². The molecule has 1 N–H and O–H groups in total. The van der Waals surface area contributed by atoms with Crippen molar-refractivity contribution in [1.29, 1.82) is 0 Å². The molecule has 0 aromatic heterocycles. The molecule has 0 radical (unpaired) electrons. The van der Waals surface area contributed by atoms with Crippen LogP contribution in [0.15, 0.2) is 54.6 Å². The number of halogens is 1. The highest BCUT2D eigenvalue weighted by Gasteiger charge is 2.31. The fourth-order valence-corrected chi connectivity index (χ4v) is 3.28. The van der Waals surface area contributed by atoms with E-state index in [1.165, 1.54) is 11.1 Å². The van der Waals surface area contributed by atoms with Gasteiger partial charge in [0.05, 0.1) is 7.11 Å². The maximum Gasteiger partial charge on any atom is 0.226 e. The summed E-state index contributed by atoms with van der Waals surface area (Å²) >= 11 is 0. The summed E-state index contributed by atoms with van der Waals surface area (Å²) in [5, 5.41) is 3.27. The van der Waals surface area contributed by atoms with E-state index in [2.05, 4.69) is 36.5 Å². The van der Waals surface area contributed by atoms with Gasteiger partial charge in [-0.2, -0.15) is 0 Å². The lowest BCUT2D eigenvalue weighted by Crippen LogP contribution is -2.50. The van der Waals surface area contributed by atoms with Crippen LogP contribution in [0.25, 0.3) is 0 Å². The molecule has 1 unspecified atom stereocenters. The Labute approximate surface area is 168 Å². The van der Waals surface area contributed by atoms with Gasteiger partial charge in [-0.3, -0.25) is 4.79 Å². The Bertz CT molecular complexity index is 702. The van der Waals surface area contributed by atoms with Gasteiger partial charge in [-0.15, -0.1) is 12.4 Å². The third kappa shape index (κ3) is 5.72. The highest BCUT2D eigenvalue weighted by molar-refractivity contribution is 5.85. The number of methoxy groups -OCH3 is 1. The van der Waals surface area contributed by atoms with Gasteiger partial charge in [-0.1, -0.05) is 49.4 Å². The number of rotatable bonds is 8. The molecule has 146 valence electrons. The molecule has 0 saturated carbocycles. The SMILES string of the molecule is COc1ccc(CCN(Cc2ccccc2)C(=O)C(C)C2CNC2)cc1.Cl. The van der Waals surface area contributed by atoms with E-state index in [1.54, 1.807) is 7.11 Å². The fraction of sp³-hybridized carbons (Fsp3) is 0.409. The first-order chi connectivity index (χ1) is 12.7. The van der Waals surface area contributed by atoms with E-state index in [0.717, 1.165) is 31.8 Å². The van der Waals surface area contributed by atoms with Crippen LogP contribution in [0.2, 0.25) is 0 Å². The average Bonchev–Trinajstić information content (AvgIpc) is 2.64. The second kappa shape index (κ2) is 10.3. The highest BCUT2D eigenvalue weighted by atomic mass is 35.5. The first-order valence-electron chi connectivity index (χ1n) is 9.33. The van der Waals surface area contributed by atoms with Crippen molar-refractivity contribution in [3.63, 3.8) is 0 Å². The minimum Gasteiger partial charge on any atom is -0.497 e. The Balaban J connectivity index is 0.00000261. The van der Waals surface area contributed by atoms with E-state index in [9.17, 15) is 4.79 Å². The summed E-state index contributed by atoms with van der Waals surface area (Å²) in [6.07, 6.45) is 0.845. The molecular weight excluding hydrogens is 360 g/mol. The smallest absolute Gasteiger partial charge is 0.226 e. The lowest BCUT2D eigenvalue weighted by atomic mass is 9.87. The molecule has 5 heteroatoms. The number of nitrogens with one attached hydrogen (secondary N) is 1. The Hall–Kier alpha value is -2.04. The predicted octanol–water partition coefficient (Wildman–Crippen LogP) is 3.54. The van der Waals surface area contributed by atoms with Gasteiger partial charge in [0.25, 0.3) is 0 Å². The van der Waals surface area contributed by atoms with Gasteiger partial charge in [-0.05, 0) is 48.7 Å². The van der Waals surface area contributed by atoms with Gasteiger partial charge in [0.2, 0.25) is 5.91 Å². The molecule has 0 bridgehead atoms. The van der Waals surface area contributed by atoms with Crippen LogP contribution in [0.3, 0.4) is 0 Å². The monoisotopic (exact) mass is 388 g/mol. The number of benzene rings is 2. The summed E-state index contributed by atoms with van der Waals surface area (Å²) in [4.78, 5) is 15.1. The van der Waals surface area contributed by atoms with Crippen molar-refractivity contribution in [2.24, 2.45) is 11.8 Å². The van der Waals surface area contributed by atoms with Crippen molar-refractivity contribution >= 4 is 18.3 Å². The molecule has 0 spiro atoms. The molecule has 27 heavy (non-hydrogen) atoms. The predicted molar refractivity (Wildman–Crippen MR) is 111 cm³/mol. The minimum absolute atomic E-state index is 0. The third-order valence-corrected chi connectivity index (χ3v) is 5.27. The third-order valence-electron chi connectivity index (χ3n) is 5.27. The van der Waals surface area contributed by atoms with Gasteiger partial charge in [0.15, 0.2) is 0 Å². The Morgan fingerprint density at radius 2 is 1.78 bits per heavy atom. The van der Waals surface area contributed by atoms with Crippen LogP contribution in [-0.4, -0.2) is 37.6 Å². The maximum atomic E-state index is 13.1. The first kappa shape index (κ1) is 21.3. The minimum atomic E-state index is 0. The van der Waals surface area contributed by atoms with E-state index in [4.69, 9.17) is 4.74 Å². The van der Waals surface area contributed by atoms with Gasteiger partial charge in [-0.25, -0.2) is 0 Å². The molecule has 2 aromatic carbocycles. The zero-order valence-corrected chi connectivity index (χ0v) is 16.9. The summed E-state index contributed by atoms with van der Waals surface area (Å²) in [5.74, 6) is 1.64. The zero-order valence-electron chi connectivity index (χ0n) is 16.1. The number of ether oxygens (including phenoxy) is 1. The van der Waals surface area contributed by atoms with E-state index in [1.807, 2.05) is 35.2 Å². The largest absolute Gasteiger partial charge is 0.497 e. The molecule has 2 aromatic rings. The lowest BCUT2D eigenvalue weighted by Gasteiger charge is -2.35. The summed E-state index contributed by atoms with van der Waals surface area (Å²) in [6.45, 7) is 5.36. The van der Waals surface area contributed by atoms with E-state index in [-0.39, 0.29) is 24.2 Å². The van der Waals surface area contributed by atoms with Crippen LogP contribution in [0.4, 0.5) is 0 Å². The molecule has 1 fully saturated rings. The molecule has 1 amide bonds. The molecule has 1 aliphatic heterocycles. The molecular formula is C22H29ClN2O2. The second-order valence-corrected chi connectivity index (χ2v) is 7.05. The molecule has 1 atom stereocenters. The van der Waals surface area contributed by atoms with Gasteiger partial charge in [0.1, 0.15) is 5.75 Å². The quantitative estimate of drug-likeness (QED) is 0.752. The topological polar surface area (TPSA) is 41.6 Å². The van der Waals surface area contributed by atoms with Crippen molar-refractivity contribution in [2.45, 2.75) is 19.9 Å². The Morgan fingerprint density at radius 1 is 1.11 bits per heavy atom. The van der Waals surface area contributed by atoms with E-state index < -0.39 is 0 Å². The molecule has 1 aliphatic rings. The molecule has 4 nitrogen and oxygen atoms in total. The number of carbonyl (C=O) groups is 1. The normalized spacial score (nSPS) is 14.6. The summed E-state index contributed by atoms with van der Waals surface area (Å²) in [7, 11) is 1.67. The molecule has 3 rings (SSSR count). The summed E-state index contributed by atoms with van der Waals surface area (Å²) < 4.78 is 5.22. The van der Waals surface area contributed by atoms with E-state index >= 15 is 0 Å². The van der Waals surface area contributed by atoms with Crippen molar-refractivity contribution < 1.29 is 9.53 Å². The van der Waals surface area contributed by atoms with Crippen LogP contribution in [0.1, 0.15) is 18.1 Å². The zero-order chi connectivity index (χ0) is 18.4. The Kier molecular flexibility index (Phi) is 8.14. The van der Waals surface area contributed by atoms with Crippen molar-refractivity contribution in [3.8, 4) is 5.75 Å². The number of hydrogen-bond acceptors (Lipinski definition) is 3. The van der Waals surface area contributed by atoms with Crippen LogP contribution >= 0.6 is 12.4 Å². The van der Waals surface area contributed by atoms with Crippen molar-refractivity contribution in [3.05, 3.63) is 65.7 Å². The summed E-state index contributed by atoms with van der Waals surface area (Å²) in [5.41, 5.74) is 2.39.